The third-order valence-electron chi connectivity index (χ3n) is 3.18. The molecule has 0 aliphatic heterocycles. The second-order valence-corrected chi connectivity index (χ2v) is 4.24. The van der Waals surface area contributed by atoms with Crippen LogP contribution >= 0.6 is 0 Å². The maximum absolute atomic E-state index is 10.9. The van der Waals surface area contributed by atoms with Crippen LogP contribution in [0.1, 0.15) is 52.4 Å². The summed E-state index contributed by atoms with van der Waals surface area (Å²) in [7, 11) is 0. The summed E-state index contributed by atoms with van der Waals surface area (Å²) in [4.78, 5) is 10.9. The first-order valence-corrected chi connectivity index (χ1v) is 5.20. The molecule has 0 bridgehead atoms. The Morgan fingerprint density at radius 2 is 2.00 bits per heavy atom. The molecular weight excluding hydrogens is 148 g/mol. The van der Waals surface area contributed by atoms with Crippen LogP contribution in [0, 0.1) is 11.8 Å². The van der Waals surface area contributed by atoms with Gasteiger partial charge in [0.2, 0.25) is 0 Å². The van der Waals surface area contributed by atoms with Crippen LogP contribution in [0.5, 0.6) is 0 Å². The molecule has 12 heavy (non-hydrogen) atoms. The highest BCUT2D eigenvalue weighted by molar-refractivity contribution is 5.77. The van der Waals surface area contributed by atoms with Gasteiger partial charge in [0.05, 0.1) is 0 Å². The number of rotatable bonds is 4. The number of hydrogen-bond acceptors (Lipinski definition) is 1. The highest BCUT2D eigenvalue weighted by Gasteiger charge is 2.16. The van der Waals surface area contributed by atoms with Crippen molar-refractivity contribution in [2.75, 3.05) is 0 Å². The lowest BCUT2D eigenvalue weighted by Gasteiger charge is -2.11. The molecule has 0 radical (unpaired) electrons. The second-order valence-electron chi connectivity index (χ2n) is 4.24. The number of carbonyl (C=O) groups excluding carboxylic acids is 1. The highest BCUT2D eigenvalue weighted by atomic mass is 16.1. The van der Waals surface area contributed by atoms with E-state index in [4.69, 9.17) is 0 Å². The van der Waals surface area contributed by atoms with E-state index in [2.05, 4.69) is 6.92 Å². The predicted molar refractivity (Wildman–Crippen MR) is 51.0 cm³/mol. The van der Waals surface area contributed by atoms with Crippen molar-refractivity contribution in [2.45, 2.75) is 52.4 Å². The molecule has 1 nitrogen and oxygen atoms in total. The Kier molecular flexibility index (Phi) is 3.77. The molecule has 1 fully saturated rings. The second kappa shape index (κ2) is 4.64. The summed E-state index contributed by atoms with van der Waals surface area (Å²) >= 11 is 0. The van der Waals surface area contributed by atoms with E-state index in [-0.39, 0.29) is 0 Å². The van der Waals surface area contributed by atoms with Crippen molar-refractivity contribution in [3.63, 3.8) is 0 Å². The minimum Gasteiger partial charge on any atom is -0.300 e. The van der Waals surface area contributed by atoms with Gasteiger partial charge in [-0.2, -0.15) is 0 Å². The van der Waals surface area contributed by atoms with Gasteiger partial charge in [0.25, 0.3) is 0 Å². The van der Waals surface area contributed by atoms with Crippen LogP contribution in [0.15, 0.2) is 0 Å². The Hall–Kier alpha value is -0.330. The number of ketones is 1. The fourth-order valence-corrected chi connectivity index (χ4v) is 1.99. The van der Waals surface area contributed by atoms with Gasteiger partial charge >= 0.3 is 0 Å². The lowest BCUT2D eigenvalue weighted by Crippen LogP contribution is -2.07. The van der Waals surface area contributed by atoms with Crippen LogP contribution in [0.2, 0.25) is 0 Å². The molecule has 0 aromatic rings. The summed E-state index contributed by atoms with van der Waals surface area (Å²) in [6.45, 7) is 3.76. The third kappa shape index (κ3) is 2.96. The van der Waals surface area contributed by atoms with Gasteiger partial charge in [0, 0.05) is 5.92 Å². The summed E-state index contributed by atoms with van der Waals surface area (Å²) in [5.41, 5.74) is 0. The molecule has 1 saturated carbocycles. The van der Waals surface area contributed by atoms with E-state index < -0.39 is 0 Å². The third-order valence-corrected chi connectivity index (χ3v) is 3.18. The molecule has 1 atom stereocenters. The average Bonchev–Trinajstić information content (AvgIpc) is 2.51. The minimum atomic E-state index is 0.297. The first-order valence-electron chi connectivity index (χ1n) is 5.20. The zero-order valence-electron chi connectivity index (χ0n) is 8.31. The fourth-order valence-electron chi connectivity index (χ4n) is 1.99. The molecular formula is C11H20O. The van der Waals surface area contributed by atoms with E-state index in [0.29, 0.717) is 11.7 Å². The van der Waals surface area contributed by atoms with Crippen LogP contribution < -0.4 is 0 Å². The molecule has 0 saturated heterocycles. The molecule has 0 heterocycles. The summed E-state index contributed by atoms with van der Waals surface area (Å²) < 4.78 is 0. The monoisotopic (exact) mass is 168 g/mol. The number of hydrogen-bond donors (Lipinski definition) is 0. The van der Waals surface area contributed by atoms with Gasteiger partial charge in [-0.25, -0.2) is 0 Å². The molecule has 1 heteroatoms. The minimum absolute atomic E-state index is 0.297. The Morgan fingerprint density at radius 3 is 2.50 bits per heavy atom. The lowest BCUT2D eigenvalue weighted by atomic mass is 9.94. The molecule has 0 aromatic heterocycles. The van der Waals surface area contributed by atoms with Crippen LogP contribution in [0.25, 0.3) is 0 Å². The number of carbonyl (C=O) groups is 1. The maximum Gasteiger partial charge on any atom is 0.132 e. The molecule has 1 unspecified atom stereocenters. The van der Waals surface area contributed by atoms with E-state index in [0.717, 1.165) is 12.3 Å². The van der Waals surface area contributed by atoms with E-state index in [9.17, 15) is 4.79 Å². The van der Waals surface area contributed by atoms with E-state index in [1.165, 1.54) is 32.1 Å². The van der Waals surface area contributed by atoms with Crippen LogP contribution in [0.3, 0.4) is 0 Å². The molecule has 1 aliphatic carbocycles. The van der Waals surface area contributed by atoms with Crippen LogP contribution in [0.4, 0.5) is 0 Å². The van der Waals surface area contributed by atoms with Crippen LogP contribution in [-0.2, 0) is 4.79 Å². The smallest absolute Gasteiger partial charge is 0.132 e. The van der Waals surface area contributed by atoms with E-state index in [1.54, 1.807) is 6.92 Å². The molecule has 0 aromatic carbocycles. The molecule has 1 rings (SSSR count). The first kappa shape index (κ1) is 9.76. The van der Waals surface area contributed by atoms with Gasteiger partial charge in [0.1, 0.15) is 5.78 Å². The van der Waals surface area contributed by atoms with Gasteiger partial charge in [-0.15, -0.1) is 0 Å². The zero-order valence-corrected chi connectivity index (χ0v) is 8.31. The Labute approximate surface area is 75.5 Å². The van der Waals surface area contributed by atoms with Crippen molar-refractivity contribution in [3.05, 3.63) is 0 Å². The van der Waals surface area contributed by atoms with Crippen molar-refractivity contribution in [2.24, 2.45) is 11.8 Å². The molecule has 0 spiro atoms. The fraction of sp³-hybridized carbons (Fsp3) is 0.909. The topological polar surface area (TPSA) is 17.1 Å². The molecule has 0 amide bonds. The quantitative estimate of drug-likeness (QED) is 0.630. The van der Waals surface area contributed by atoms with Gasteiger partial charge in [-0.1, -0.05) is 32.6 Å². The van der Waals surface area contributed by atoms with Gasteiger partial charge in [-0.05, 0) is 25.7 Å². The predicted octanol–water partition coefficient (Wildman–Crippen LogP) is 3.18. The van der Waals surface area contributed by atoms with E-state index >= 15 is 0 Å². The van der Waals surface area contributed by atoms with Gasteiger partial charge < -0.3 is 0 Å². The summed E-state index contributed by atoms with van der Waals surface area (Å²) in [6, 6.07) is 0. The molecule has 0 N–H and O–H groups in total. The Morgan fingerprint density at radius 1 is 1.42 bits per heavy atom. The van der Waals surface area contributed by atoms with Gasteiger partial charge in [0.15, 0.2) is 0 Å². The average molecular weight is 168 g/mol. The van der Waals surface area contributed by atoms with Gasteiger partial charge in [-0.3, -0.25) is 4.79 Å². The number of Topliss-reactive ketones (excluding diaryl/α,β-unsaturated/α-hetero) is 1. The van der Waals surface area contributed by atoms with Crippen molar-refractivity contribution in [3.8, 4) is 0 Å². The summed E-state index contributed by atoms with van der Waals surface area (Å²) in [5, 5.41) is 0. The highest BCUT2D eigenvalue weighted by Crippen LogP contribution is 2.29. The summed E-state index contributed by atoms with van der Waals surface area (Å²) in [6.07, 6.45) is 8.04. The van der Waals surface area contributed by atoms with Crippen molar-refractivity contribution < 1.29 is 4.79 Å². The molecule has 70 valence electrons. The normalized spacial score (nSPS) is 21.2. The van der Waals surface area contributed by atoms with Crippen molar-refractivity contribution in [1.29, 1.82) is 0 Å². The maximum atomic E-state index is 10.9. The van der Waals surface area contributed by atoms with Crippen molar-refractivity contribution in [1.82, 2.24) is 0 Å². The van der Waals surface area contributed by atoms with Crippen LogP contribution in [-0.4, -0.2) is 5.78 Å². The zero-order chi connectivity index (χ0) is 8.97. The van der Waals surface area contributed by atoms with Crippen molar-refractivity contribution >= 4 is 5.78 Å². The SMILES string of the molecule is CC(=O)C(C)CCC1CCCC1. The summed E-state index contributed by atoms with van der Waals surface area (Å²) in [5.74, 6) is 1.59. The lowest BCUT2D eigenvalue weighted by molar-refractivity contribution is -0.120. The standard InChI is InChI=1S/C11H20O/c1-9(10(2)12)7-8-11-5-3-4-6-11/h9,11H,3-8H2,1-2H3. The largest absolute Gasteiger partial charge is 0.300 e. The van der Waals surface area contributed by atoms with E-state index in [1.807, 2.05) is 0 Å². The first-order chi connectivity index (χ1) is 5.70. The Bertz CT molecular complexity index is 145. The molecule has 1 aliphatic rings. The Balaban J connectivity index is 2.11.